The predicted octanol–water partition coefficient (Wildman–Crippen LogP) is 3.61. The van der Waals surface area contributed by atoms with Gasteiger partial charge in [0.25, 0.3) is 5.90 Å². The van der Waals surface area contributed by atoms with Gasteiger partial charge in [0.1, 0.15) is 43.3 Å². The quantitative estimate of drug-likeness (QED) is 0.429. The Morgan fingerprint density at radius 1 is 1.14 bits per heavy atom. The molecule has 0 N–H and O–H groups in total. The van der Waals surface area contributed by atoms with Gasteiger partial charge in [-0.1, -0.05) is 62.9 Å². The minimum absolute atomic E-state index is 0.0107. The molecule has 1 aromatic carbocycles. The Morgan fingerprint density at radius 2 is 1.90 bits per heavy atom. The summed E-state index contributed by atoms with van der Waals surface area (Å²) in [6, 6.07) is 7.40. The molecule has 1 heterocycles. The molecule has 0 aliphatic carbocycles. The fraction of sp³-hybridized carbons (Fsp3) is 0.333. The first-order valence-electron chi connectivity index (χ1n) is 8.40. The van der Waals surface area contributed by atoms with Crippen LogP contribution in [0.2, 0.25) is 0 Å². The molecule has 0 saturated heterocycles. The van der Waals surface area contributed by atoms with Crippen LogP contribution in [0.5, 0.6) is 0 Å². The smallest absolute Gasteiger partial charge is 0.280 e. The summed E-state index contributed by atoms with van der Waals surface area (Å²) in [5, 5.41) is 15.8. The van der Waals surface area contributed by atoms with Crippen LogP contribution in [0.1, 0.15) is 18.1 Å². The molecule has 11 heteroatoms. The summed E-state index contributed by atoms with van der Waals surface area (Å²) in [5.41, 5.74) is 2.59. The van der Waals surface area contributed by atoms with E-state index in [0.29, 0.717) is 35.9 Å². The highest BCUT2D eigenvalue weighted by Gasteiger charge is 2.21. The number of ether oxygens (including phenoxy) is 1. The first-order valence-corrected chi connectivity index (χ1v) is 9.15. The molecule has 0 spiro atoms. The summed E-state index contributed by atoms with van der Waals surface area (Å²) in [6.07, 6.45) is 1.39. The lowest BCUT2D eigenvalue weighted by Gasteiger charge is -2.16. The van der Waals surface area contributed by atoms with Gasteiger partial charge in [0.2, 0.25) is 0 Å². The highest BCUT2D eigenvalue weighted by Crippen LogP contribution is 2.15. The summed E-state index contributed by atoms with van der Waals surface area (Å²) < 4.78 is 5.54. The molecule has 2 rings (SSSR count). The van der Waals surface area contributed by atoms with E-state index in [2.05, 4.69) is 20.6 Å². The van der Waals surface area contributed by atoms with E-state index in [1.165, 1.54) is 20.3 Å². The van der Waals surface area contributed by atoms with E-state index in [4.69, 9.17) is 47.3 Å². The number of hydrogen-bond donors (Lipinski definition) is 0. The van der Waals surface area contributed by atoms with E-state index in [-0.39, 0.29) is 17.0 Å². The number of hydrogen-bond acceptors (Lipinski definition) is 9. The summed E-state index contributed by atoms with van der Waals surface area (Å²) in [6.45, 7) is 2.54. The highest BCUT2D eigenvalue weighted by molar-refractivity contribution is 6.59. The Kier molecular flexibility index (Phi) is 9.26. The van der Waals surface area contributed by atoms with Gasteiger partial charge in [0, 0.05) is 11.1 Å². The SMILES string of the molecule is CO/N=C(C=C(Cl)Cl)/C(C)=N/OCc1ccccc1/C(=N\OC)C1=NOCCO1. The molecule has 0 unspecified atom stereocenters. The number of benzene rings is 1. The van der Waals surface area contributed by atoms with E-state index >= 15 is 0 Å². The fourth-order valence-electron chi connectivity index (χ4n) is 2.23. The molecular weight excluding hydrogens is 423 g/mol. The Morgan fingerprint density at radius 3 is 2.55 bits per heavy atom. The van der Waals surface area contributed by atoms with Crippen molar-refractivity contribution in [2.75, 3.05) is 27.4 Å². The van der Waals surface area contributed by atoms with Gasteiger partial charge in [0.15, 0.2) is 12.3 Å². The summed E-state index contributed by atoms with van der Waals surface area (Å²) >= 11 is 11.4. The topological polar surface area (TPSA) is 95.6 Å². The Bertz CT molecular complexity index is 848. The van der Waals surface area contributed by atoms with Gasteiger partial charge >= 0.3 is 0 Å². The maximum absolute atomic E-state index is 5.68. The zero-order valence-electron chi connectivity index (χ0n) is 16.1. The molecule has 29 heavy (non-hydrogen) atoms. The third-order valence-corrected chi connectivity index (χ3v) is 3.66. The van der Waals surface area contributed by atoms with Crippen LogP contribution in [0, 0.1) is 0 Å². The van der Waals surface area contributed by atoms with Crippen LogP contribution in [-0.2, 0) is 30.7 Å². The van der Waals surface area contributed by atoms with Gasteiger partial charge in [-0.2, -0.15) is 0 Å². The van der Waals surface area contributed by atoms with Gasteiger partial charge in [-0.25, -0.2) is 0 Å². The van der Waals surface area contributed by atoms with Gasteiger partial charge in [-0.3, -0.25) is 0 Å². The Balaban J connectivity index is 2.22. The fourth-order valence-corrected chi connectivity index (χ4v) is 2.44. The summed E-state index contributed by atoms with van der Waals surface area (Å²) in [4.78, 5) is 20.3. The molecule has 0 bridgehead atoms. The lowest BCUT2D eigenvalue weighted by atomic mass is 10.0. The molecule has 1 aliphatic rings. The van der Waals surface area contributed by atoms with E-state index in [1.807, 2.05) is 24.3 Å². The molecule has 156 valence electrons. The van der Waals surface area contributed by atoms with Gasteiger partial charge < -0.3 is 24.1 Å². The molecule has 0 saturated carbocycles. The van der Waals surface area contributed by atoms with Crippen molar-refractivity contribution in [2.24, 2.45) is 20.6 Å². The van der Waals surface area contributed by atoms with Gasteiger partial charge in [-0.05, 0) is 18.2 Å². The standard InChI is InChI=1S/C18H20Cl2N4O5/c1-12(15(22-25-2)10-16(19)20)21-29-11-13-6-4-5-7-14(13)17(23-26-3)18-24-28-9-8-27-18/h4-7,10H,8-9,11H2,1-3H3/b21-12+,22-15+,23-17+. The minimum atomic E-state index is 0.0107. The van der Waals surface area contributed by atoms with Crippen LogP contribution in [0.25, 0.3) is 0 Å². The van der Waals surface area contributed by atoms with Gasteiger partial charge in [-0.15, -0.1) is 0 Å². The summed E-state index contributed by atoms with van der Waals surface area (Å²) in [5.74, 6) is 0.224. The molecular formula is C18H20Cl2N4O5. The third kappa shape index (κ3) is 6.95. The first-order chi connectivity index (χ1) is 14.1. The lowest BCUT2D eigenvalue weighted by Crippen LogP contribution is -2.26. The number of oxime groups is 4. The Hall–Kier alpha value is -2.78. The van der Waals surface area contributed by atoms with Crippen molar-refractivity contribution < 1.29 is 24.1 Å². The second kappa shape index (κ2) is 11.9. The average molecular weight is 443 g/mol. The normalized spacial score (nSPS) is 14.9. The minimum Gasteiger partial charge on any atom is -0.470 e. The van der Waals surface area contributed by atoms with Crippen LogP contribution in [0.15, 0.2) is 55.5 Å². The van der Waals surface area contributed by atoms with Crippen molar-refractivity contribution in [2.45, 2.75) is 13.5 Å². The van der Waals surface area contributed by atoms with E-state index < -0.39 is 0 Å². The van der Waals surface area contributed by atoms with Crippen LogP contribution in [0.3, 0.4) is 0 Å². The van der Waals surface area contributed by atoms with Crippen molar-refractivity contribution in [3.63, 3.8) is 0 Å². The van der Waals surface area contributed by atoms with Crippen molar-refractivity contribution >= 4 is 46.2 Å². The van der Waals surface area contributed by atoms with E-state index in [0.717, 1.165) is 5.56 Å². The second-order valence-corrected chi connectivity index (χ2v) is 6.41. The molecule has 0 atom stereocenters. The van der Waals surface area contributed by atoms with Crippen molar-refractivity contribution in [3.05, 3.63) is 46.0 Å². The average Bonchev–Trinajstić information content (AvgIpc) is 2.72. The number of halogens is 2. The second-order valence-electron chi connectivity index (χ2n) is 5.40. The largest absolute Gasteiger partial charge is 0.470 e. The molecule has 0 fully saturated rings. The number of rotatable bonds is 9. The molecule has 1 aliphatic heterocycles. The number of allylic oxidation sites excluding steroid dienone is 1. The zero-order chi connectivity index (χ0) is 21.1. The molecule has 9 nitrogen and oxygen atoms in total. The number of nitrogens with zero attached hydrogens (tertiary/aromatic N) is 4. The van der Waals surface area contributed by atoms with Crippen molar-refractivity contribution in [3.8, 4) is 0 Å². The maximum Gasteiger partial charge on any atom is 0.280 e. The first kappa shape index (κ1) is 22.5. The van der Waals surface area contributed by atoms with E-state index in [9.17, 15) is 0 Å². The predicted molar refractivity (Wildman–Crippen MR) is 111 cm³/mol. The van der Waals surface area contributed by atoms with Crippen LogP contribution in [-0.4, -0.2) is 50.5 Å². The van der Waals surface area contributed by atoms with Crippen molar-refractivity contribution in [1.82, 2.24) is 0 Å². The monoisotopic (exact) mass is 442 g/mol. The highest BCUT2D eigenvalue weighted by atomic mass is 35.5. The van der Waals surface area contributed by atoms with E-state index in [1.54, 1.807) is 6.92 Å². The van der Waals surface area contributed by atoms with Crippen LogP contribution in [0.4, 0.5) is 0 Å². The lowest BCUT2D eigenvalue weighted by molar-refractivity contribution is 0.0672. The molecule has 0 radical (unpaired) electrons. The molecule has 0 aromatic heterocycles. The summed E-state index contributed by atoms with van der Waals surface area (Å²) in [7, 11) is 2.83. The van der Waals surface area contributed by atoms with Crippen LogP contribution >= 0.6 is 23.2 Å². The molecule has 1 aromatic rings. The third-order valence-electron chi connectivity index (χ3n) is 3.45. The maximum atomic E-state index is 5.68. The van der Waals surface area contributed by atoms with Crippen molar-refractivity contribution in [1.29, 1.82) is 0 Å². The molecule has 0 amide bonds. The van der Waals surface area contributed by atoms with Gasteiger partial charge in [0.05, 0.1) is 0 Å². The van der Waals surface area contributed by atoms with Crippen LogP contribution < -0.4 is 0 Å². The zero-order valence-corrected chi connectivity index (χ0v) is 17.6. The Labute approximate surface area is 178 Å².